The van der Waals surface area contributed by atoms with E-state index in [0.29, 0.717) is 24.4 Å². The molecule has 1 aliphatic carbocycles. The number of aliphatic carboxylic acids is 1. The first-order valence-corrected chi connectivity index (χ1v) is 8.48. The Hall–Kier alpha value is -1.59. The quantitative estimate of drug-likeness (QED) is 0.887. The number of carbonyl (C=O) groups excluding carboxylic acids is 1. The van der Waals surface area contributed by atoms with Crippen LogP contribution in [0.15, 0.2) is 24.3 Å². The molecule has 0 aromatic heterocycles. The fourth-order valence-electron chi connectivity index (χ4n) is 3.50. The molecule has 1 saturated carbocycles. The number of amides is 1. The summed E-state index contributed by atoms with van der Waals surface area (Å²) in [4.78, 5) is 25.4. The van der Waals surface area contributed by atoms with E-state index >= 15 is 0 Å². The highest BCUT2D eigenvalue weighted by atomic mass is 35.5. The third kappa shape index (κ3) is 3.67. The van der Waals surface area contributed by atoms with E-state index in [1.54, 1.807) is 17.0 Å². The van der Waals surface area contributed by atoms with Crippen molar-refractivity contribution in [2.75, 3.05) is 11.4 Å². The van der Waals surface area contributed by atoms with Crippen molar-refractivity contribution in [3.63, 3.8) is 0 Å². The van der Waals surface area contributed by atoms with Crippen LogP contribution in [0.3, 0.4) is 0 Å². The van der Waals surface area contributed by atoms with Gasteiger partial charge in [0.25, 0.3) is 0 Å². The molecule has 124 valence electrons. The molecule has 1 saturated heterocycles. The molecule has 1 amide bonds. The van der Waals surface area contributed by atoms with Crippen LogP contribution in [-0.4, -0.2) is 35.6 Å². The van der Waals surface area contributed by atoms with Crippen molar-refractivity contribution in [3.8, 4) is 0 Å². The van der Waals surface area contributed by atoms with Gasteiger partial charge in [0.05, 0.1) is 12.0 Å². The second-order valence-corrected chi connectivity index (χ2v) is 6.80. The molecule has 5 nitrogen and oxygen atoms in total. The van der Waals surface area contributed by atoms with Gasteiger partial charge in [-0.05, 0) is 56.4 Å². The number of halogens is 1. The van der Waals surface area contributed by atoms with Crippen LogP contribution in [0.25, 0.3) is 0 Å². The number of nitrogens with one attached hydrogen (secondary N) is 1. The van der Waals surface area contributed by atoms with Gasteiger partial charge in [0, 0.05) is 23.3 Å². The van der Waals surface area contributed by atoms with E-state index in [1.165, 1.54) is 0 Å². The fourth-order valence-corrected chi connectivity index (χ4v) is 3.63. The lowest BCUT2D eigenvalue weighted by atomic mass is 9.86. The summed E-state index contributed by atoms with van der Waals surface area (Å²) in [5.41, 5.74) is 0.873. The van der Waals surface area contributed by atoms with Gasteiger partial charge in [0.2, 0.25) is 5.91 Å². The van der Waals surface area contributed by atoms with E-state index in [4.69, 9.17) is 16.7 Å². The summed E-state index contributed by atoms with van der Waals surface area (Å²) in [6.45, 7) is 0.697. The molecule has 2 aliphatic rings. The zero-order valence-corrected chi connectivity index (χ0v) is 13.6. The highest BCUT2D eigenvalue weighted by Crippen LogP contribution is 2.27. The molecule has 1 aliphatic heterocycles. The number of carboxylic acid groups (broad SMARTS) is 1. The second-order valence-electron chi connectivity index (χ2n) is 6.36. The smallest absolute Gasteiger partial charge is 0.306 e. The number of nitrogens with zero attached hydrogens (tertiary/aromatic N) is 1. The average molecular weight is 337 g/mol. The Morgan fingerprint density at radius 3 is 2.39 bits per heavy atom. The summed E-state index contributed by atoms with van der Waals surface area (Å²) in [6.07, 6.45) is 3.80. The van der Waals surface area contributed by atoms with Gasteiger partial charge < -0.3 is 15.3 Å². The number of hydrogen-bond acceptors (Lipinski definition) is 3. The fraction of sp³-hybridized carbons (Fsp3) is 0.529. The molecule has 0 bridgehead atoms. The summed E-state index contributed by atoms with van der Waals surface area (Å²) in [5, 5.41) is 13.1. The van der Waals surface area contributed by atoms with Crippen LogP contribution in [0, 0.1) is 5.92 Å². The van der Waals surface area contributed by atoms with Gasteiger partial charge in [-0.1, -0.05) is 11.6 Å². The van der Waals surface area contributed by atoms with Crippen LogP contribution in [0.4, 0.5) is 5.69 Å². The molecule has 1 aromatic rings. The first-order chi connectivity index (χ1) is 11.0. The van der Waals surface area contributed by atoms with Crippen LogP contribution >= 0.6 is 11.6 Å². The van der Waals surface area contributed by atoms with Crippen molar-refractivity contribution in [2.45, 2.75) is 44.2 Å². The van der Waals surface area contributed by atoms with E-state index in [-0.39, 0.29) is 23.9 Å². The lowest BCUT2D eigenvalue weighted by Gasteiger charge is -2.29. The lowest BCUT2D eigenvalue weighted by molar-refractivity contribution is -0.143. The Balaban J connectivity index is 1.55. The summed E-state index contributed by atoms with van der Waals surface area (Å²) >= 11 is 5.89. The van der Waals surface area contributed by atoms with Crippen LogP contribution < -0.4 is 10.2 Å². The topological polar surface area (TPSA) is 69.6 Å². The standard InChI is InChI=1S/C17H21ClN2O3/c18-12-3-7-14(8-4-12)20-10-9-15(16(20)21)19-13-5-1-11(2-6-13)17(22)23/h3-4,7-8,11,13,15,19H,1-2,5-6,9-10H2,(H,22,23). The van der Waals surface area contributed by atoms with Crippen LogP contribution in [0.5, 0.6) is 0 Å². The van der Waals surface area contributed by atoms with Crippen molar-refractivity contribution in [3.05, 3.63) is 29.3 Å². The highest BCUT2D eigenvalue weighted by Gasteiger charge is 2.35. The van der Waals surface area contributed by atoms with Gasteiger partial charge in [-0.3, -0.25) is 9.59 Å². The number of carbonyl (C=O) groups is 2. The first kappa shape index (κ1) is 16.3. The molecular weight excluding hydrogens is 316 g/mol. The van der Waals surface area contributed by atoms with Gasteiger partial charge in [-0.25, -0.2) is 0 Å². The Kier molecular flexibility index (Phi) is 4.87. The van der Waals surface area contributed by atoms with E-state index < -0.39 is 5.97 Å². The number of benzene rings is 1. The molecule has 6 heteroatoms. The van der Waals surface area contributed by atoms with Crippen molar-refractivity contribution >= 4 is 29.2 Å². The molecule has 1 heterocycles. The Morgan fingerprint density at radius 2 is 1.78 bits per heavy atom. The van der Waals surface area contributed by atoms with Gasteiger partial charge in [-0.15, -0.1) is 0 Å². The third-order valence-corrected chi connectivity index (χ3v) is 5.11. The number of rotatable bonds is 4. The van der Waals surface area contributed by atoms with Gasteiger partial charge in [-0.2, -0.15) is 0 Å². The lowest BCUT2D eigenvalue weighted by Crippen LogP contribution is -2.45. The molecule has 1 aromatic carbocycles. The Morgan fingerprint density at radius 1 is 1.13 bits per heavy atom. The summed E-state index contributed by atoms with van der Waals surface area (Å²) < 4.78 is 0. The number of carboxylic acids is 1. The first-order valence-electron chi connectivity index (χ1n) is 8.10. The number of anilines is 1. The largest absolute Gasteiger partial charge is 0.481 e. The average Bonchev–Trinajstić information content (AvgIpc) is 2.90. The Labute approximate surface area is 140 Å². The van der Waals surface area contributed by atoms with E-state index in [1.807, 2.05) is 12.1 Å². The monoisotopic (exact) mass is 336 g/mol. The maximum absolute atomic E-state index is 12.6. The maximum Gasteiger partial charge on any atom is 0.306 e. The summed E-state index contributed by atoms with van der Waals surface area (Å²) in [5.74, 6) is -0.833. The zero-order valence-electron chi connectivity index (χ0n) is 12.9. The van der Waals surface area contributed by atoms with Crippen molar-refractivity contribution in [1.29, 1.82) is 0 Å². The predicted octanol–water partition coefficient (Wildman–Crippen LogP) is 2.68. The molecule has 1 unspecified atom stereocenters. The molecule has 3 rings (SSSR count). The summed E-state index contributed by atoms with van der Waals surface area (Å²) in [6, 6.07) is 7.37. The normalized spacial score (nSPS) is 28.1. The molecule has 0 radical (unpaired) electrons. The maximum atomic E-state index is 12.6. The van der Waals surface area contributed by atoms with Crippen LogP contribution in [-0.2, 0) is 9.59 Å². The number of hydrogen-bond donors (Lipinski definition) is 2. The second kappa shape index (κ2) is 6.89. The molecule has 23 heavy (non-hydrogen) atoms. The molecule has 0 spiro atoms. The zero-order chi connectivity index (χ0) is 16.4. The minimum Gasteiger partial charge on any atom is -0.481 e. The van der Waals surface area contributed by atoms with Crippen LogP contribution in [0.1, 0.15) is 32.1 Å². The summed E-state index contributed by atoms with van der Waals surface area (Å²) in [7, 11) is 0. The minimum atomic E-state index is -0.700. The molecular formula is C17H21ClN2O3. The van der Waals surface area contributed by atoms with Crippen molar-refractivity contribution in [2.24, 2.45) is 5.92 Å². The molecule has 2 N–H and O–H groups in total. The molecule has 2 fully saturated rings. The molecule has 1 atom stereocenters. The third-order valence-electron chi connectivity index (χ3n) is 4.86. The van der Waals surface area contributed by atoms with E-state index in [9.17, 15) is 9.59 Å². The van der Waals surface area contributed by atoms with E-state index in [0.717, 1.165) is 24.9 Å². The highest BCUT2D eigenvalue weighted by molar-refractivity contribution is 6.30. The predicted molar refractivity (Wildman–Crippen MR) is 88.7 cm³/mol. The van der Waals surface area contributed by atoms with Crippen molar-refractivity contribution < 1.29 is 14.7 Å². The van der Waals surface area contributed by atoms with Crippen molar-refractivity contribution in [1.82, 2.24) is 5.32 Å². The minimum absolute atomic E-state index is 0.0904. The van der Waals surface area contributed by atoms with Gasteiger partial charge in [0.15, 0.2) is 0 Å². The SMILES string of the molecule is O=C(O)C1CCC(NC2CCN(c3ccc(Cl)cc3)C2=O)CC1. The van der Waals surface area contributed by atoms with Gasteiger partial charge >= 0.3 is 5.97 Å². The van der Waals surface area contributed by atoms with Crippen LogP contribution in [0.2, 0.25) is 5.02 Å². The Bertz CT molecular complexity index is 582. The van der Waals surface area contributed by atoms with Gasteiger partial charge in [0.1, 0.15) is 0 Å². The van der Waals surface area contributed by atoms with E-state index in [2.05, 4.69) is 5.32 Å².